The number of carbonyl (C=O) groups excluding carboxylic acids is 1. The van der Waals surface area contributed by atoms with Crippen LogP contribution in [0.4, 0.5) is 0 Å². The highest BCUT2D eigenvalue weighted by Crippen LogP contribution is 1.91. The highest BCUT2D eigenvalue weighted by molar-refractivity contribution is 7.81. The van der Waals surface area contributed by atoms with Gasteiger partial charge in [0.05, 0.1) is 5.75 Å². The van der Waals surface area contributed by atoms with Crippen molar-refractivity contribution in [3.8, 4) is 0 Å². The topological polar surface area (TPSA) is 45.8 Å². The van der Waals surface area contributed by atoms with Crippen LogP contribution in [-0.2, 0) is 0 Å². The summed E-state index contributed by atoms with van der Waals surface area (Å²) in [6.07, 6.45) is 3.15. The Kier molecular flexibility index (Phi) is 1.89. The van der Waals surface area contributed by atoms with E-state index in [4.69, 9.17) is 0 Å². The molecule has 0 aromatic carbocycles. The van der Waals surface area contributed by atoms with Gasteiger partial charge in [-0.1, -0.05) is 0 Å². The van der Waals surface area contributed by atoms with Gasteiger partial charge in [-0.15, -0.1) is 0 Å². The highest BCUT2D eigenvalue weighted by Gasteiger charge is 2.02. The van der Waals surface area contributed by atoms with Crippen molar-refractivity contribution in [2.75, 3.05) is 5.75 Å². The quantitative estimate of drug-likeness (QED) is 0.467. The van der Waals surface area contributed by atoms with Crippen LogP contribution in [0.5, 0.6) is 0 Å². The van der Waals surface area contributed by atoms with E-state index in [1.807, 2.05) is 0 Å². The first kappa shape index (κ1) is 6.35. The van der Waals surface area contributed by atoms with Gasteiger partial charge in [-0.3, -0.25) is 4.79 Å². The maximum absolute atomic E-state index is 10.7. The molecule has 0 amide bonds. The molecule has 9 heavy (non-hydrogen) atoms. The maximum atomic E-state index is 10.7. The van der Waals surface area contributed by atoms with Crippen LogP contribution in [0.25, 0.3) is 0 Å². The second-order valence-electron chi connectivity index (χ2n) is 1.52. The molecular formula is C5H6N2OS. The van der Waals surface area contributed by atoms with Gasteiger partial charge in [0, 0.05) is 12.4 Å². The molecule has 0 bridgehead atoms. The molecule has 3 nitrogen and oxygen atoms in total. The van der Waals surface area contributed by atoms with Gasteiger partial charge in [0.2, 0.25) is 5.78 Å². The standard InChI is InChI=1S/C5H6N2OS/c8-4(3-9)5-6-1-2-7-5/h1-2,9H,3H2,(H,6,7). The lowest BCUT2D eigenvalue weighted by atomic mass is 10.4. The molecule has 0 spiro atoms. The highest BCUT2D eigenvalue weighted by atomic mass is 32.1. The summed E-state index contributed by atoms with van der Waals surface area (Å²) in [6, 6.07) is 0. The van der Waals surface area contributed by atoms with Crippen LogP contribution < -0.4 is 0 Å². The summed E-state index contributed by atoms with van der Waals surface area (Å²) < 4.78 is 0. The van der Waals surface area contributed by atoms with Crippen molar-refractivity contribution in [2.24, 2.45) is 0 Å². The molecule has 1 N–H and O–H groups in total. The molecule has 0 radical (unpaired) electrons. The van der Waals surface area contributed by atoms with Crippen LogP contribution in [0.3, 0.4) is 0 Å². The molecule has 4 heteroatoms. The average molecular weight is 142 g/mol. The molecule has 0 fully saturated rings. The van der Waals surface area contributed by atoms with E-state index in [1.54, 1.807) is 6.20 Å². The number of Topliss-reactive ketones (excluding diaryl/α,β-unsaturated/α-hetero) is 1. The van der Waals surface area contributed by atoms with E-state index in [1.165, 1.54) is 6.20 Å². The van der Waals surface area contributed by atoms with Crippen LogP contribution in [0.1, 0.15) is 10.6 Å². The van der Waals surface area contributed by atoms with Crippen LogP contribution >= 0.6 is 12.6 Å². The Morgan fingerprint density at radius 2 is 2.67 bits per heavy atom. The molecule has 1 rings (SSSR count). The van der Waals surface area contributed by atoms with Gasteiger partial charge in [-0.05, 0) is 0 Å². The van der Waals surface area contributed by atoms with Crippen molar-refractivity contribution >= 4 is 18.4 Å². The van der Waals surface area contributed by atoms with Crippen molar-refractivity contribution in [2.45, 2.75) is 0 Å². The molecule has 0 aliphatic heterocycles. The zero-order valence-corrected chi connectivity index (χ0v) is 5.56. The number of ketones is 1. The number of aromatic nitrogens is 2. The summed E-state index contributed by atoms with van der Waals surface area (Å²) in [5.41, 5.74) is 0. The van der Waals surface area contributed by atoms with E-state index < -0.39 is 0 Å². The van der Waals surface area contributed by atoms with Gasteiger partial charge < -0.3 is 4.98 Å². The Labute approximate surface area is 57.9 Å². The third-order valence-electron chi connectivity index (χ3n) is 0.906. The van der Waals surface area contributed by atoms with Crippen molar-refractivity contribution in [1.82, 2.24) is 9.97 Å². The normalized spacial score (nSPS) is 9.44. The minimum atomic E-state index is -0.0802. The number of imidazole rings is 1. The maximum Gasteiger partial charge on any atom is 0.207 e. The third-order valence-corrected chi connectivity index (χ3v) is 1.19. The van der Waals surface area contributed by atoms with Crippen LogP contribution in [0.15, 0.2) is 12.4 Å². The Morgan fingerprint density at radius 3 is 3.11 bits per heavy atom. The second-order valence-corrected chi connectivity index (χ2v) is 1.84. The van der Waals surface area contributed by atoms with Crippen LogP contribution in [0, 0.1) is 0 Å². The zero-order valence-electron chi connectivity index (χ0n) is 4.66. The molecule has 0 aliphatic carbocycles. The van der Waals surface area contributed by atoms with E-state index in [0.29, 0.717) is 5.82 Å². The summed E-state index contributed by atoms with van der Waals surface area (Å²) in [4.78, 5) is 17.1. The predicted molar refractivity (Wildman–Crippen MR) is 36.8 cm³/mol. The monoisotopic (exact) mass is 142 g/mol. The number of thiol groups is 1. The molecule has 1 aromatic rings. The molecule has 0 saturated heterocycles. The fourth-order valence-electron chi connectivity index (χ4n) is 0.493. The van der Waals surface area contributed by atoms with Gasteiger partial charge in [-0.25, -0.2) is 4.98 Å². The third kappa shape index (κ3) is 1.32. The number of H-pyrrole nitrogens is 1. The largest absolute Gasteiger partial charge is 0.342 e. The Balaban J connectivity index is 2.77. The first-order valence-corrected chi connectivity index (χ1v) is 3.11. The van der Waals surface area contributed by atoms with Gasteiger partial charge in [0.1, 0.15) is 0 Å². The van der Waals surface area contributed by atoms with E-state index in [-0.39, 0.29) is 11.5 Å². The minimum Gasteiger partial charge on any atom is -0.342 e. The smallest absolute Gasteiger partial charge is 0.207 e. The molecule has 0 aliphatic rings. The van der Waals surface area contributed by atoms with Crippen LogP contribution in [0.2, 0.25) is 0 Å². The summed E-state index contributed by atoms with van der Waals surface area (Å²) >= 11 is 3.79. The second kappa shape index (κ2) is 2.68. The Bertz CT molecular complexity index is 195. The van der Waals surface area contributed by atoms with E-state index >= 15 is 0 Å². The number of nitrogens with zero attached hydrogens (tertiary/aromatic N) is 1. The lowest BCUT2D eigenvalue weighted by Crippen LogP contribution is -2.01. The van der Waals surface area contributed by atoms with Gasteiger partial charge in [0.25, 0.3) is 0 Å². The molecule has 1 aromatic heterocycles. The molecular weight excluding hydrogens is 136 g/mol. The number of hydrogen-bond donors (Lipinski definition) is 2. The molecule has 0 saturated carbocycles. The lowest BCUT2D eigenvalue weighted by molar-refractivity contribution is 0.101. The van der Waals surface area contributed by atoms with E-state index in [2.05, 4.69) is 22.6 Å². The fourth-order valence-corrected chi connectivity index (χ4v) is 0.642. The first-order valence-electron chi connectivity index (χ1n) is 2.48. The van der Waals surface area contributed by atoms with E-state index in [9.17, 15) is 4.79 Å². The number of hydrogen-bond acceptors (Lipinski definition) is 3. The Hall–Kier alpha value is -0.770. The summed E-state index contributed by atoms with van der Waals surface area (Å²) in [5, 5.41) is 0. The van der Waals surface area contributed by atoms with E-state index in [0.717, 1.165) is 0 Å². The van der Waals surface area contributed by atoms with Gasteiger partial charge >= 0.3 is 0 Å². The fraction of sp³-hybridized carbons (Fsp3) is 0.200. The summed E-state index contributed by atoms with van der Waals surface area (Å²) in [7, 11) is 0. The number of carbonyl (C=O) groups is 1. The Morgan fingerprint density at radius 1 is 1.89 bits per heavy atom. The number of aromatic amines is 1. The average Bonchev–Trinajstić information content (AvgIpc) is 2.37. The summed E-state index contributed by atoms with van der Waals surface area (Å²) in [6.45, 7) is 0. The SMILES string of the molecule is O=C(CS)c1ncc[nH]1. The van der Waals surface area contributed by atoms with Gasteiger partial charge in [-0.2, -0.15) is 12.6 Å². The molecule has 0 unspecified atom stereocenters. The minimum absolute atomic E-state index is 0.0802. The predicted octanol–water partition coefficient (Wildman–Crippen LogP) is 0.522. The van der Waals surface area contributed by atoms with Crippen molar-refractivity contribution in [3.05, 3.63) is 18.2 Å². The first-order chi connectivity index (χ1) is 4.34. The molecule has 0 atom stereocenters. The van der Waals surface area contributed by atoms with Crippen molar-refractivity contribution in [1.29, 1.82) is 0 Å². The molecule has 1 heterocycles. The number of rotatable bonds is 2. The van der Waals surface area contributed by atoms with Crippen LogP contribution in [-0.4, -0.2) is 21.5 Å². The number of nitrogens with one attached hydrogen (secondary N) is 1. The summed E-state index contributed by atoms with van der Waals surface area (Å²) in [5.74, 6) is 0.501. The van der Waals surface area contributed by atoms with Crippen molar-refractivity contribution in [3.63, 3.8) is 0 Å². The van der Waals surface area contributed by atoms with Crippen molar-refractivity contribution < 1.29 is 4.79 Å². The lowest BCUT2D eigenvalue weighted by Gasteiger charge is -1.85. The van der Waals surface area contributed by atoms with Gasteiger partial charge in [0.15, 0.2) is 5.82 Å². The zero-order chi connectivity index (χ0) is 6.69. The molecule has 48 valence electrons.